The molecule has 0 fully saturated rings. The third-order valence-electron chi connectivity index (χ3n) is 3.99. The largest absolute Gasteiger partial charge is 0.507 e. The van der Waals surface area contributed by atoms with Gasteiger partial charge in [0, 0.05) is 18.1 Å². The second-order valence-corrected chi connectivity index (χ2v) is 6.01. The minimum atomic E-state index is -0.777. The summed E-state index contributed by atoms with van der Waals surface area (Å²) >= 11 is 5.80. The van der Waals surface area contributed by atoms with E-state index in [0.717, 1.165) is 12.0 Å². The number of amides is 1. The fourth-order valence-electron chi connectivity index (χ4n) is 2.68. The summed E-state index contributed by atoms with van der Waals surface area (Å²) in [5.41, 5.74) is 2.29. The van der Waals surface area contributed by atoms with Gasteiger partial charge in [-0.05, 0) is 35.7 Å². The number of ether oxygens (including phenoxy) is 1. The SMILES string of the molecule is O=C(OCC(=O)N1CCc2ccccc2C1)c1cc(Cl)ccc1O. The fraction of sp³-hybridized carbons (Fsp3) is 0.222. The van der Waals surface area contributed by atoms with E-state index in [2.05, 4.69) is 6.07 Å². The standard InChI is InChI=1S/C18H16ClNO4/c19-14-5-6-16(21)15(9-14)18(23)24-11-17(22)20-8-7-12-3-1-2-4-13(12)10-20/h1-6,9,21H,7-8,10-11H2. The van der Waals surface area contributed by atoms with Gasteiger partial charge in [-0.2, -0.15) is 0 Å². The summed E-state index contributed by atoms with van der Waals surface area (Å²) in [4.78, 5) is 25.9. The Balaban J connectivity index is 1.60. The van der Waals surface area contributed by atoms with Crippen molar-refractivity contribution < 1.29 is 19.4 Å². The van der Waals surface area contributed by atoms with Crippen LogP contribution in [0.25, 0.3) is 0 Å². The van der Waals surface area contributed by atoms with Crippen LogP contribution in [0.4, 0.5) is 0 Å². The quantitative estimate of drug-likeness (QED) is 0.869. The highest BCUT2D eigenvalue weighted by atomic mass is 35.5. The Morgan fingerprint density at radius 2 is 1.92 bits per heavy atom. The minimum absolute atomic E-state index is 0.0562. The van der Waals surface area contributed by atoms with Gasteiger partial charge in [0.05, 0.1) is 0 Å². The zero-order valence-electron chi connectivity index (χ0n) is 12.9. The summed E-state index contributed by atoms with van der Waals surface area (Å²) in [6, 6.07) is 12.0. The zero-order chi connectivity index (χ0) is 17.1. The maximum atomic E-state index is 12.3. The maximum Gasteiger partial charge on any atom is 0.342 e. The van der Waals surface area contributed by atoms with E-state index in [0.29, 0.717) is 18.1 Å². The smallest absolute Gasteiger partial charge is 0.342 e. The molecule has 1 N–H and O–H groups in total. The van der Waals surface area contributed by atoms with Crippen molar-refractivity contribution >= 4 is 23.5 Å². The van der Waals surface area contributed by atoms with Crippen LogP contribution in [0.15, 0.2) is 42.5 Å². The Hall–Kier alpha value is -2.53. The molecule has 1 aliphatic rings. The summed E-state index contributed by atoms with van der Waals surface area (Å²) in [7, 11) is 0. The van der Waals surface area contributed by atoms with Gasteiger partial charge in [0.25, 0.3) is 5.91 Å². The van der Waals surface area contributed by atoms with Gasteiger partial charge in [0.15, 0.2) is 6.61 Å². The first-order valence-corrected chi connectivity index (χ1v) is 7.92. The number of hydrogen-bond acceptors (Lipinski definition) is 4. The molecular weight excluding hydrogens is 330 g/mol. The lowest BCUT2D eigenvalue weighted by Gasteiger charge is -2.28. The zero-order valence-corrected chi connectivity index (χ0v) is 13.6. The summed E-state index contributed by atoms with van der Waals surface area (Å²) in [5, 5.41) is 9.98. The Bertz CT molecular complexity index is 790. The van der Waals surface area contributed by atoms with E-state index in [1.807, 2.05) is 18.2 Å². The van der Waals surface area contributed by atoms with Crippen LogP contribution in [0.3, 0.4) is 0 Å². The van der Waals surface area contributed by atoms with Crippen molar-refractivity contribution in [1.82, 2.24) is 4.90 Å². The van der Waals surface area contributed by atoms with E-state index < -0.39 is 5.97 Å². The third kappa shape index (κ3) is 3.51. The topological polar surface area (TPSA) is 66.8 Å². The van der Waals surface area contributed by atoms with Gasteiger partial charge < -0.3 is 14.7 Å². The van der Waals surface area contributed by atoms with E-state index in [1.165, 1.54) is 23.8 Å². The summed E-state index contributed by atoms with van der Waals surface area (Å²) in [5.74, 6) is -1.27. The molecule has 0 aliphatic carbocycles. The first-order valence-electron chi connectivity index (χ1n) is 7.55. The molecule has 0 saturated heterocycles. The highest BCUT2D eigenvalue weighted by molar-refractivity contribution is 6.31. The minimum Gasteiger partial charge on any atom is -0.507 e. The number of phenolic OH excluding ortho intramolecular Hbond substituents is 1. The van der Waals surface area contributed by atoms with Gasteiger partial charge in [0.2, 0.25) is 0 Å². The Morgan fingerprint density at radius 3 is 2.71 bits per heavy atom. The number of hydrogen-bond donors (Lipinski definition) is 1. The fourth-order valence-corrected chi connectivity index (χ4v) is 2.85. The molecule has 6 heteroatoms. The van der Waals surface area contributed by atoms with Crippen LogP contribution in [0.2, 0.25) is 5.02 Å². The van der Waals surface area contributed by atoms with Crippen molar-refractivity contribution in [3.8, 4) is 5.75 Å². The molecule has 0 radical (unpaired) electrons. The van der Waals surface area contributed by atoms with Crippen LogP contribution >= 0.6 is 11.6 Å². The lowest BCUT2D eigenvalue weighted by atomic mass is 10.00. The normalized spacial score (nSPS) is 13.3. The summed E-state index contributed by atoms with van der Waals surface area (Å²) in [6.07, 6.45) is 0.783. The number of phenols is 1. The van der Waals surface area contributed by atoms with Crippen LogP contribution in [-0.4, -0.2) is 35.0 Å². The molecule has 24 heavy (non-hydrogen) atoms. The number of nitrogens with zero attached hydrogens (tertiary/aromatic N) is 1. The predicted octanol–water partition coefficient (Wildman–Crippen LogP) is 2.79. The molecule has 5 nitrogen and oxygen atoms in total. The van der Waals surface area contributed by atoms with Crippen molar-refractivity contribution in [2.75, 3.05) is 13.2 Å². The van der Waals surface area contributed by atoms with Crippen molar-refractivity contribution in [3.05, 3.63) is 64.2 Å². The van der Waals surface area contributed by atoms with Gasteiger partial charge in [-0.15, -0.1) is 0 Å². The van der Waals surface area contributed by atoms with E-state index in [4.69, 9.17) is 16.3 Å². The average molecular weight is 346 g/mol. The number of carbonyl (C=O) groups excluding carboxylic acids is 2. The third-order valence-corrected chi connectivity index (χ3v) is 4.22. The van der Waals surface area contributed by atoms with Crippen molar-refractivity contribution in [1.29, 1.82) is 0 Å². The summed E-state index contributed by atoms with van der Waals surface area (Å²) in [6.45, 7) is 0.734. The van der Waals surface area contributed by atoms with Crippen molar-refractivity contribution in [2.24, 2.45) is 0 Å². The second kappa shape index (κ2) is 6.93. The molecule has 0 unspecified atom stereocenters. The molecule has 0 atom stereocenters. The van der Waals surface area contributed by atoms with Gasteiger partial charge in [-0.1, -0.05) is 35.9 Å². The monoisotopic (exact) mass is 345 g/mol. The molecule has 1 heterocycles. The van der Waals surface area contributed by atoms with E-state index in [1.54, 1.807) is 4.90 Å². The van der Waals surface area contributed by atoms with E-state index in [-0.39, 0.29) is 23.8 Å². The van der Waals surface area contributed by atoms with Crippen LogP contribution < -0.4 is 0 Å². The molecule has 0 spiro atoms. The Morgan fingerprint density at radius 1 is 1.17 bits per heavy atom. The number of esters is 1. The van der Waals surface area contributed by atoms with Crippen LogP contribution in [0.5, 0.6) is 5.75 Å². The van der Waals surface area contributed by atoms with Crippen LogP contribution in [0.1, 0.15) is 21.5 Å². The van der Waals surface area contributed by atoms with E-state index >= 15 is 0 Å². The lowest BCUT2D eigenvalue weighted by Crippen LogP contribution is -2.38. The average Bonchev–Trinajstić information content (AvgIpc) is 2.61. The molecule has 2 aromatic carbocycles. The van der Waals surface area contributed by atoms with Gasteiger partial charge in [-0.25, -0.2) is 4.79 Å². The summed E-state index contributed by atoms with van der Waals surface area (Å²) < 4.78 is 5.02. The highest BCUT2D eigenvalue weighted by Gasteiger charge is 2.22. The molecule has 3 rings (SSSR count). The second-order valence-electron chi connectivity index (χ2n) is 5.57. The first kappa shape index (κ1) is 16.3. The predicted molar refractivity (Wildman–Crippen MR) is 89.0 cm³/mol. The van der Waals surface area contributed by atoms with Gasteiger partial charge >= 0.3 is 5.97 Å². The molecule has 0 bridgehead atoms. The Kier molecular flexibility index (Phi) is 4.71. The maximum absolute atomic E-state index is 12.3. The van der Waals surface area contributed by atoms with Crippen LogP contribution in [-0.2, 0) is 22.5 Å². The number of fused-ring (bicyclic) bond motifs is 1. The van der Waals surface area contributed by atoms with Crippen molar-refractivity contribution in [3.63, 3.8) is 0 Å². The van der Waals surface area contributed by atoms with Gasteiger partial charge in [-0.3, -0.25) is 4.79 Å². The number of halogens is 1. The number of carbonyl (C=O) groups is 2. The molecule has 1 aliphatic heterocycles. The van der Waals surface area contributed by atoms with Gasteiger partial charge in [0.1, 0.15) is 11.3 Å². The molecule has 0 aromatic heterocycles. The Labute approximate surface area is 144 Å². The first-order chi connectivity index (χ1) is 11.5. The highest BCUT2D eigenvalue weighted by Crippen LogP contribution is 2.22. The number of rotatable bonds is 3. The molecule has 2 aromatic rings. The lowest BCUT2D eigenvalue weighted by molar-refractivity contribution is -0.135. The number of benzene rings is 2. The van der Waals surface area contributed by atoms with Crippen molar-refractivity contribution in [2.45, 2.75) is 13.0 Å². The van der Waals surface area contributed by atoms with E-state index in [9.17, 15) is 14.7 Å². The molecule has 0 saturated carbocycles. The molecule has 1 amide bonds. The number of aromatic hydroxyl groups is 1. The molecule has 124 valence electrons. The van der Waals surface area contributed by atoms with Crippen LogP contribution in [0, 0.1) is 0 Å². The molecular formula is C18H16ClNO4.